The third kappa shape index (κ3) is 9.30. The number of ether oxygens (including phenoxy) is 5. The average molecular weight is 633 g/mol. The van der Waals surface area contributed by atoms with Crippen LogP contribution in [0.15, 0.2) is 36.4 Å². The first-order valence-electron chi connectivity index (χ1n) is 14.8. The summed E-state index contributed by atoms with van der Waals surface area (Å²) in [7, 11) is 0. The maximum atomic E-state index is 12.2. The van der Waals surface area contributed by atoms with E-state index in [0.717, 1.165) is 44.5 Å². The Bertz CT molecular complexity index is 1330. The van der Waals surface area contributed by atoms with E-state index in [1.54, 1.807) is 17.0 Å². The van der Waals surface area contributed by atoms with E-state index in [4.69, 9.17) is 23.7 Å². The second-order valence-corrected chi connectivity index (χ2v) is 11.9. The number of amides is 3. The standard InChI is InChI=1S/C18H24N2O5.C13H16N2O3.ClH/c1-18(2,3)25-17(22)20-8-4-5-13(10-20)24-12-6-7-15-14(9-12)19-16(21)11-23-15;16-13-8-17-12-4-3-9(6-11(12)15-13)18-10-2-1-5-14-7-10;/h6-7,9,13H,4-5,8,10-11H2,1-3H3,(H,19,21);3-4,6,10,14H,1-2,5,7-8H2,(H,15,16);1H/t13-;10-;/m11./s1. The van der Waals surface area contributed by atoms with Crippen LogP contribution in [0.4, 0.5) is 16.2 Å². The highest BCUT2D eigenvalue weighted by atomic mass is 35.5. The van der Waals surface area contributed by atoms with Gasteiger partial charge in [-0.1, -0.05) is 0 Å². The summed E-state index contributed by atoms with van der Waals surface area (Å²) in [6.07, 6.45) is 3.69. The lowest BCUT2D eigenvalue weighted by atomic mass is 10.1. The molecule has 4 aliphatic heterocycles. The summed E-state index contributed by atoms with van der Waals surface area (Å²) in [5, 5.41) is 8.84. The van der Waals surface area contributed by atoms with Crippen LogP contribution in [0.3, 0.4) is 0 Å². The smallest absolute Gasteiger partial charge is 0.410 e. The molecule has 0 bridgehead atoms. The number of nitrogens with zero attached hydrogens (tertiary/aromatic N) is 1. The molecule has 0 saturated carbocycles. The van der Waals surface area contributed by atoms with Gasteiger partial charge in [-0.3, -0.25) is 9.59 Å². The maximum absolute atomic E-state index is 12.2. The lowest BCUT2D eigenvalue weighted by Gasteiger charge is -2.34. The summed E-state index contributed by atoms with van der Waals surface area (Å²) < 4.78 is 28.0. The Balaban J connectivity index is 0.000000206. The Kier molecular flexibility index (Phi) is 11.0. The molecule has 12 nitrogen and oxygen atoms in total. The van der Waals surface area contributed by atoms with E-state index in [1.165, 1.54) is 0 Å². The van der Waals surface area contributed by atoms with Crippen molar-refractivity contribution in [2.24, 2.45) is 0 Å². The molecule has 3 N–H and O–H groups in total. The summed E-state index contributed by atoms with van der Waals surface area (Å²) in [6.45, 7) is 8.76. The van der Waals surface area contributed by atoms with Crippen molar-refractivity contribution in [3.63, 3.8) is 0 Å². The van der Waals surface area contributed by atoms with Gasteiger partial charge in [-0.05, 0) is 77.3 Å². The number of piperidine rings is 2. The molecule has 0 aliphatic carbocycles. The van der Waals surface area contributed by atoms with Crippen molar-refractivity contribution >= 4 is 41.7 Å². The minimum atomic E-state index is -0.512. The number of hydrogen-bond acceptors (Lipinski definition) is 9. The number of halogens is 1. The third-order valence-corrected chi connectivity index (χ3v) is 7.05. The molecule has 2 fully saturated rings. The lowest BCUT2D eigenvalue weighted by Crippen LogP contribution is -2.46. The van der Waals surface area contributed by atoms with E-state index in [9.17, 15) is 14.4 Å². The Morgan fingerprint density at radius 1 is 0.864 bits per heavy atom. The van der Waals surface area contributed by atoms with Crippen molar-refractivity contribution in [2.75, 3.05) is 50.0 Å². The fraction of sp³-hybridized carbons (Fsp3) is 0.516. The molecule has 6 rings (SSSR count). The Hall–Kier alpha value is -3.90. The number of carbonyl (C=O) groups is 3. The Morgan fingerprint density at radius 2 is 1.43 bits per heavy atom. The molecule has 44 heavy (non-hydrogen) atoms. The number of benzene rings is 2. The van der Waals surface area contributed by atoms with E-state index >= 15 is 0 Å². The van der Waals surface area contributed by atoms with Crippen LogP contribution in [0.1, 0.15) is 46.5 Å². The van der Waals surface area contributed by atoms with E-state index in [2.05, 4.69) is 16.0 Å². The van der Waals surface area contributed by atoms with Crippen molar-refractivity contribution in [3.8, 4) is 23.0 Å². The molecule has 0 radical (unpaired) electrons. The van der Waals surface area contributed by atoms with Gasteiger partial charge in [0.15, 0.2) is 13.2 Å². The minimum absolute atomic E-state index is 0. The molecule has 3 amide bonds. The van der Waals surface area contributed by atoms with Gasteiger partial charge in [0.05, 0.1) is 17.9 Å². The van der Waals surface area contributed by atoms with Crippen LogP contribution in [0.5, 0.6) is 23.0 Å². The number of likely N-dealkylation sites (tertiary alicyclic amines) is 1. The van der Waals surface area contributed by atoms with Crippen molar-refractivity contribution < 1.29 is 38.1 Å². The molecule has 0 unspecified atom stereocenters. The molecule has 0 aromatic heterocycles. The van der Waals surface area contributed by atoms with Crippen LogP contribution >= 0.6 is 12.4 Å². The van der Waals surface area contributed by atoms with Crippen LogP contribution in [-0.4, -0.2) is 80.0 Å². The van der Waals surface area contributed by atoms with Crippen molar-refractivity contribution in [2.45, 2.75) is 64.3 Å². The molecule has 2 aromatic rings. The first-order chi connectivity index (χ1) is 20.6. The first-order valence-corrected chi connectivity index (χ1v) is 14.8. The summed E-state index contributed by atoms with van der Waals surface area (Å²) in [5.41, 5.74) is 0.780. The second-order valence-electron chi connectivity index (χ2n) is 11.9. The summed E-state index contributed by atoms with van der Waals surface area (Å²) in [5.74, 6) is 2.43. The molecule has 4 heterocycles. The van der Waals surface area contributed by atoms with Gasteiger partial charge in [0.25, 0.3) is 11.8 Å². The predicted octanol–water partition coefficient (Wildman–Crippen LogP) is 4.37. The zero-order valence-corrected chi connectivity index (χ0v) is 26.1. The fourth-order valence-corrected chi connectivity index (χ4v) is 5.10. The van der Waals surface area contributed by atoms with Crippen LogP contribution in [0, 0.1) is 0 Å². The molecule has 13 heteroatoms. The molecular weight excluding hydrogens is 592 g/mol. The Labute approximate surface area is 263 Å². The quantitative estimate of drug-likeness (QED) is 0.449. The predicted molar refractivity (Wildman–Crippen MR) is 166 cm³/mol. The summed E-state index contributed by atoms with van der Waals surface area (Å²) in [6, 6.07) is 10.9. The van der Waals surface area contributed by atoms with Crippen molar-refractivity contribution in [1.29, 1.82) is 0 Å². The van der Waals surface area contributed by atoms with Gasteiger partial charge in [0.2, 0.25) is 0 Å². The zero-order valence-electron chi connectivity index (χ0n) is 25.3. The molecular formula is C31H41ClN4O8. The van der Waals surface area contributed by atoms with Crippen LogP contribution in [0.2, 0.25) is 0 Å². The number of carbonyl (C=O) groups excluding carboxylic acids is 3. The summed E-state index contributed by atoms with van der Waals surface area (Å²) in [4.78, 5) is 36.6. The molecule has 0 spiro atoms. The van der Waals surface area contributed by atoms with Gasteiger partial charge in [0.1, 0.15) is 40.8 Å². The maximum Gasteiger partial charge on any atom is 0.410 e. The van der Waals surface area contributed by atoms with Gasteiger partial charge in [0, 0.05) is 25.2 Å². The molecule has 2 atom stereocenters. The average Bonchev–Trinajstić information content (AvgIpc) is 2.97. The van der Waals surface area contributed by atoms with Crippen LogP contribution in [0.25, 0.3) is 0 Å². The Morgan fingerprint density at radius 3 is 1.98 bits per heavy atom. The molecule has 240 valence electrons. The zero-order chi connectivity index (χ0) is 30.4. The van der Waals surface area contributed by atoms with Crippen molar-refractivity contribution in [1.82, 2.24) is 10.2 Å². The van der Waals surface area contributed by atoms with Gasteiger partial charge < -0.3 is 44.5 Å². The number of hydrogen-bond donors (Lipinski definition) is 3. The van der Waals surface area contributed by atoms with E-state index in [0.29, 0.717) is 41.7 Å². The fourth-order valence-electron chi connectivity index (χ4n) is 5.10. The molecule has 2 aromatic carbocycles. The molecule has 2 saturated heterocycles. The highest BCUT2D eigenvalue weighted by Crippen LogP contribution is 2.33. The number of fused-ring (bicyclic) bond motifs is 2. The minimum Gasteiger partial charge on any atom is -0.489 e. The highest BCUT2D eigenvalue weighted by molar-refractivity contribution is 5.96. The van der Waals surface area contributed by atoms with Gasteiger partial charge >= 0.3 is 6.09 Å². The number of anilines is 2. The highest BCUT2D eigenvalue weighted by Gasteiger charge is 2.29. The first kappa shape index (κ1) is 33.0. The van der Waals surface area contributed by atoms with Gasteiger partial charge in [-0.2, -0.15) is 0 Å². The normalized spacial score (nSPS) is 20.8. The van der Waals surface area contributed by atoms with E-state index < -0.39 is 5.60 Å². The topological polar surface area (TPSA) is 137 Å². The third-order valence-electron chi connectivity index (χ3n) is 7.05. The van der Waals surface area contributed by atoms with E-state index in [1.807, 2.05) is 45.0 Å². The SMILES string of the molecule is CC(C)(C)OC(=O)N1CCC[C@@H](Oc2ccc3c(c2)NC(=O)CO3)C1.Cl.O=C1COc2ccc(O[C@@H]3CCCNC3)cc2N1. The van der Waals surface area contributed by atoms with Crippen LogP contribution < -0.4 is 34.9 Å². The lowest BCUT2D eigenvalue weighted by molar-refractivity contribution is -0.119. The van der Waals surface area contributed by atoms with E-state index in [-0.39, 0.29) is 55.7 Å². The molecule has 4 aliphatic rings. The van der Waals surface area contributed by atoms with Crippen molar-refractivity contribution in [3.05, 3.63) is 36.4 Å². The van der Waals surface area contributed by atoms with Gasteiger partial charge in [-0.25, -0.2) is 4.79 Å². The monoisotopic (exact) mass is 632 g/mol. The second kappa shape index (κ2) is 14.7. The van der Waals surface area contributed by atoms with Crippen LogP contribution in [-0.2, 0) is 14.3 Å². The summed E-state index contributed by atoms with van der Waals surface area (Å²) >= 11 is 0. The largest absolute Gasteiger partial charge is 0.489 e. The van der Waals surface area contributed by atoms with Gasteiger partial charge in [-0.15, -0.1) is 12.4 Å². The number of nitrogens with one attached hydrogen (secondary N) is 3. The number of rotatable bonds is 4.